The van der Waals surface area contributed by atoms with Gasteiger partial charge in [0.25, 0.3) is 0 Å². The Hall–Kier alpha value is -0.210. The Balaban J connectivity index is 3.26. The van der Waals surface area contributed by atoms with Gasteiger partial charge in [-0.2, -0.15) is 5.10 Å². The minimum atomic E-state index is -0.0911. The molecule has 2 nitrogen and oxygen atoms in total. The maximum Gasteiger partial charge on any atom is 0.132 e. The summed E-state index contributed by atoms with van der Waals surface area (Å²) in [5, 5.41) is 5.01. The van der Waals surface area contributed by atoms with Crippen LogP contribution in [0.15, 0.2) is 0 Å². The molecule has 0 saturated carbocycles. The van der Waals surface area contributed by atoms with E-state index in [1.165, 1.54) is 0 Å². The molecule has 1 rings (SSSR count). The average molecular weight is 221 g/mol. The lowest BCUT2D eigenvalue weighted by atomic mass is 10.1. The van der Waals surface area contributed by atoms with Gasteiger partial charge in [-0.25, -0.2) is 4.68 Å². The van der Waals surface area contributed by atoms with Crippen LogP contribution >= 0.6 is 23.2 Å². The van der Waals surface area contributed by atoms with Crippen LogP contribution < -0.4 is 0 Å². The number of aryl methyl sites for hydroxylation is 1. The van der Waals surface area contributed by atoms with Crippen LogP contribution in [0, 0.1) is 6.92 Å². The molecule has 0 atom stereocenters. The monoisotopic (exact) mass is 220 g/mol. The van der Waals surface area contributed by atoms with Crippen molar-refractivity contribution in [3.05, 3.63) is 16.4 Å². The third-order valence-corrected chi connectivity index (χ3v) is 2.55. The van der Waals surface area contributed by atoms with Crippen molar-refractivity contribution in [3.63, 3.8) is 0 Å². The van der Waals surface area contributed by atoms with Crippen molar-refractivity contribution in [3.8, 4) is 0 Å². The fourth-order valence-corrected chi connectivity index (χ4v) is 2.01. The molecule has 13 heavy (non-hydrogen) atoms. The molecule has 74 valence electrons. The van der Waals surface area contributed by atoms with Crippen molar-refractivity contribution in [1.29, 1.82) is 0 Å². The quantitative estimate of drug-likeness (QED) is 0.665. The van der Waals surface area contributed by atoms with Gasteiger partial charge in [0, 0.05) is 5.56 Å². The summed E-state index contributed by atoms with van der Waals surface area (Å²) in [5.41, 5.74) is 1.75. The average Bonchev–Trinajstić information content (AvgIpc) is 2.25. The van der Waals surface area contributed by atoms with Crippen molar-refractivity contribution >= 4 is 23.2 Å². The van der Waals surface area contributed by atoms with Crippen LogP contribution in [-0.4, -0.2) is 9.78 Å². The maximum absolute atomic E-state index is 6.13. The number of hydrogen-bond acceptors (Lipinski definition) is 1. The first-order chi connectivity index (χ1) is 5.88. The summed E-state index contributed by atoms with van der Waals surface area (Å²) in [6.45, 7) is 8.10. The zero-order valence-corrected chi connectivity index (χ0v) is 9.87. The van der Waals surface area contributed by atoms with Gasteiger partial charge in [-0.3, -0.25) is 0 Å². The van der Waals surface area contributed by atoms with Crippen LogP contribution in [0.5, 0.6) is 0 Å². The Morgan fingerprint density at radius 1 is 1.38 bits per heavy atom. The van der Waals surface area contributed by atoms with Crippen molar-refractivity contribution < 1.29 is 0 Å². The fraction of sp³-hybridized carbons (Fsp3) is 0.667. The van der Waals surface area contributed by atoms with Gasteiger partial charge in [-0.05, 0) is 27.7 Å². The zero-order valence-electron chi connectivity index (χ0n) is 8.36. The molecule has 0 spiro atoms. The smallest absolute Gasteiger partial charge is 0.132 e. The molecule has 0 aliphatic carbocycles. The van der Waals surface area contributed by atoms with Crippen molar-refractivity contribution in [2.75, 3.05) is 0 Å². The Morgan fingerprint density at radius 2 is 1.92 bits per heavy atom. The Labute approximate surface area is 88.8 Å². The number of nitrogens with zero attached hydrogens (tertiary/aromatic N) is 2. The lowest BCUT2D eigenvalue weighted by Crippen LogP contribution is -2.23. The van der Waals surface area contributed by atoms with Gasteiger partial charge >= 0.3 is 0 Å². The van der Waals surface area contributed by atoms with Crippen molar-refractivity contribution in [2.45, 2.75) is 39.1 Å². The standard InChI is InChI=1S/C9H14Cl2N2/c1-6-7(5-10)8(11)13(12-6)9(2,3)4/h5H2,1-4H3. The molecule has 0 unspecified atom stereocenters. The first kappa shape index (κ1) is 10.9. The summed E-state index contributed by atoms with van der Waals surface area (Å²) in [7, 11) is 0. The van der Waals surface area contributed by atoms with E-state index in [9.17, 15) is 0 Å². The van der Waals surface area contributed by atoms with Crippen molar-refractivity contribution in [1.82, 2.24) is 9.78 Å². The van der Waals surface area contributed by atoms with E-state index in [2.05, 4.69) is 25.9 Å². The second-order valence-electron chi connectivity index (χ2n) is 4.07. The van der Waals surface area contributed by atoms with Crippen LogP contribution in [0.25, 0.3) is 0 Å². The molecule has 1 aromatic heterocycles. The summed E-state index contributed by atoms with van der Waals surface area (Å²) >= 11 is 11.9. The molecule has 0 aliphatic heterocycles. The van der Waals surface area contributed by atoms with E-state index < -0.39 is 0 Å². The van der Waals surface area contributed by atoms with Gasteiger partial charge in [0.1, 0.15) is 5.15 Å². The lowest BCUT2D eigenvalue weighted by molar-refractivity contribution is 0.354. The minimum absolute atomic E-state index is 0.0911. The molecule has 0 saturated heterocycles. The summed E-state index contributed by atoms with van der Waals surface area (Å²) in [6, 6.07) is 0. The van der Waals surface area contributed by atoms with Crippen LogP contribution in [0.1, 0.15) is 32.0 Å². The zero-order chi connectivity index (χ0) is 10.2. The molecular weight excluding hydrogens is 207 g/mol. The van der Waals surface area contributed by atoms with E-state index in [0.717, 1.165) is 11.3 Å². The topological polar surface area (TPSA) is 17.8 Å². The van der Waals surface area contributed by atoms with Gasteiger partial charge in [0.2, 0.25) is 0 Å². The Kier molecular flexibility index (Phi) is 2.93. The van der Waals surface area contributed by atoms with Gasteiger partial charge in [-0.1, -0.05) is 11.6 Å². The third kappa shape index (κ3) is 2.00. The molecule has 4 heteroatoms. The van der Waals surface area contributed by atoms with E-state index >= 15 is 0 Å². The molecule has 0 aliphatic rings. The first-order valence-electron chi connectivity index (χ1n) is 4.18. The van der Waals surface area contributed by atoms with Gasteiger partial charge in [-0.15, -0.1) is 11.6 Å². The summed E-state index contributed by atoms with van der Waals surface area (Å²) in [4.78, 5) is 0. The van der Waals surface area contributed by atoms with E-state index in [-0.39, 0.29) is 5.54 Å². The molecule has 1 heterocycles. The number of hydrogen-bond donors (Lipinski definition) is 0. The molecule has 0 fully saturated rings. The van der Waals surface area contributed by atoms with Crippen LogP contribution in [0.2, 0.25) is 5.15 Å². The highest BCUT2D eigenvalue weighted by Crippen LogP contribution is 2.27. The number of halogens is 2. The highest BCUT2D eigenvalue weighted by atomic mass is 35.5. The van der Waals surface area contributed by atoms with Crippen molar-refractivity contribution in [2.24, 2.45) is 0 Å². The minimum Gasteiger partial charge on any atom is -0.248 e. The number of rotatable bonds is 1. The van der Waals surface area contributed by atoms with Gasteiger partial charge < -0.3 is 0 Å². The molecule has 0 N–H and O–H groups in total. The summed E-state index contributed by atoms with van der Waals surface area (Å²) in [6.07, 6.45) is 0. The molecule has 0 radical (unpaired) electrons. The fourth-order valence-electron chi connectivity index (χ4n) is 1.13. The predicted molar refractivity (Wildman–Crippen MR) is 56.5 cm³/mol. The van der Waals surface area contributed by atoms with Crippen LogP contribution in [0.4, 0.5) is 0 Å². The highest BCUT2D eigenvalue weighted by molar-refractivity contribution is 6.31. The van der Waals surface area contributed by atoms with E-state index in [4.69, 9.17) is 23.2 Å². The van der Waals surface area contributed by atoms with E-state index in [1.807, 2.05) is 11.6 Å². The Morgan fingerprint density at radius 3 is 2.15 bits per heavy atom. The Bertz CT molecular complexity index is 310. The largest absolute Gasteiger partial charge is 0.248 e. The third-order valence-electron chi connectivity index (χ3n) is 1.89. The molecule has 0 aromatic carbocycles. The second-order valence-corrected chi connectivity index (χ2v) is 4.70. The predicted octanol–water partition coefficient (Wildman–Crippen LogP) is 3.34. The normalized spacial score (nSPS) is 12.2. The van der Waals surface area contributed by atoms with Crippen LogP contribution in [-0.2, 0) is 11.4 Å². The number of alkyl halides is 1. The molecule has 1 aromatic rings. The SMILES string of the molecule is Cc1nn(C(C)(C)C)c(Cl)c1CCl. The molecule has 0 bridgehead atoms. The van der Waals surface area contributed by atoms with Crippen LogP contribution in [0.3, 0.4) is 0 Å². The summed E-state index contributed by atoms with van der Waals surface area (Å²) < 4.78 is 1.81. The van der Waals surface area contributed by atoms with Gasteiger partial charge in [0.15, 0.2) is 0 Å². The lowest BCUT2D eigenvalue weighted by Gasteiger charge is -2.20. The number of aromatic nitrogens is 2. The molecule has 0 amide bonds. The molecular formula is C9H14Cl2N2. The maximum atomic E-state index is 6.13. The second kappa shape index (κ2) is 3.50. The highest BCUT2D eigenvalue weighted by Gasteiger charge is 2.21. The first-order valence-corrected chi connectivity index (χ1v) is 5.09. The van der Waals surface area contributed by atoms with E-state index in [1.54, 1.807) is 0 Å². The summed E-state index contributed by atoms with van der Waals surface area (Å²) in [5.74, 6) is 0.417. The van der Waals surface area contributed by atoms with Gasteiger partial charge in [0.05, 0.1) is 17.1 Å². The van der Waals surface area contributed by atoms with E-state index in [0.29, 0.717) is 11.0 Å².